The van der Waals surface area contributed by atoms with E-state index in [0.717, 1.165) is 45.8 Å². The average molecular weight is 558 g/mol. The molecule has 0 amide bonds. The molecule has 0 radical (unpaired) electrons. The number of hydrogen-bond acceptors (Lipinski definition) is 4. The summed E-state index contributed by atoms with van der Waals surface area (Å²) in [4.78, 5) is 4.52. The molecule has 1 unspecified atom stereocenters. The van der Waals surface area contributed by atoms with Gasteiger partial charge in [0, 0.05) is 17.5 Å². The van der Waals surface area contributed by atoms with Crippen LogP contribution in [0, 0.1) is 6.92 Å². The second-order valence-electron chi connectivity index (χ2n) is 10.8. The van der Waals surface area contributed by atoms with Gasteiger partial charge in [0.05, 0.1) is 23.6 Å². The molecule has 4 heteroatoms. The maximum atomic E-state index is 6.07. The molecule has 0 saturated heterocycles. The normalized spacial score (nSPS) is 14.8. The summed E-state index contributed by atoms with van der Waals surface area (Å²) in [6, 6.07) is 46.4. The van der Waals surface area contributed by atoms with E-state index in [1.165, 1.54) is 16.7 Å². The van der Waals surface area contributed by atoms with Gasteiger partial charge < -0.3 is 4.42 Å². The van der Waals surface area contributed by atoms with Crippen molar-refractivity contribution in [1.29, 1.82) is 0 Å². The number of oxazole rings is 1. The van der Waals surface area contributed by atoms with Crippen molar-refractivity contribution in [2.24, 2.45) is 5.10 Å². The minimum atomic E-state index is 0.152. The fraction of sp³-hybridized carbons (Fsp3) is 0.0769. The highest BCUT2D eigenvalue weighted by Gasteiger charge is 2.29. The standard InChI is InChI=1S/C39H31N3O/c1-28-15-21-31(22-16-28)36-26-37(32-10-4-2-5-11-32)42(41-36)35-23-19-29(20-24-35)17-18-30-9-8-14-34(25-30)39-40-27-38(43-39)33-12-6-3-7-13-33/h2-25,27,37H,26H2,1H3/b18-17+. The minimum Gasteiger partial charge on any atom is -0.436 e. The largest absolute Gasteiger partial charge is 0.436 e. The molecule has 0 saturated carbocycles. The predicted octanol–water partition coefficient (Wildman–Crippen LogP) is 9.84. The van der Waals surface area contributed by atoms with Crippen molar-refractivity contribution in [3.05, 3.63) is 167 Å². The Morgan fingerprint density at radius 3 is 2.14 bits per heavy atom. The van der Waals surface area contributed by atoms with Gasteiger partial charge in [-0.25, -0.2) is 4.98 Å². The molecule has 1 aliphatic rings. The van der Waals surface area contributed by atoms with Gasteiger partial charge in [-0.3, -0.25) is 5.01 Å². The smallest absolute Gasteiger partial charge is 0.226 e. The van der Waals surface area contributed by atoms with E-state index < -0.39 is 0 Å². The SMILES string of the molecule is Cc1ccc(C2=NN(c3ccc(/C=C/c4cccc(-c5ncc(-c6ccccc6)o5)c4)cc3)C(c3ccccc3)C2)cc1. The fourth-order valence-corrected chi connectivity index (χ4v) is 5.45. The Bertz CT molecular complexity index is 1890. The molecule has 0 fully saturated rings. The van der Waals surface area contributed by atoms with Gasteiger partial charge in [0.15, 0.2) is 5.76 Å². The lowest BCUT2D eigenvalue weighted by molar-refractivity contribution is 0.589. The van der Waals surface area contributed by atoms with Gasteiger partial charge in [-0.05, 0) is 53.4 Å². The van der Waals surface area contributed by atoms with Crippen molar-refractivity contribution in [3.8, 4) is 22.8 Å². The number of benzene rings is 5. The highest BCUT2D eigenvalue weighted by atomic mass is 16.4. The lowest BCUT2D eigenvalue weighted by atomic mass is 9.98. The van der Waals surface area contributed by atoms with Crippen LogP contribution in [-0.2, 0) is 0 Å². The van der Waals surface area contributed by atoms with Crippen LogP contribution in [-0.4, -0.2) is 10.7 Å². The molecule has 0 bridgehead atoms. The van der Waals surface area contributed by atoms with Crippen LogP contribution in [0.3, 0.4) is 0 Å². The Labute approximate surface area is 252 Å². The first-order valence-corrected chi connectivity index (χ1v) is 14.6. The first-order chi connectivity index (χ1) is 21.2. The third-order valence-electron chi connectivity index (χ3n) is 7.80. The van der Waals surface area contributed by atoms with E-state index in [4.69, 9.17) is 9.52 Å². The van der Waals surface area contributed by atoms with Gasteiger partial charge in [-0.15, -0.1) is 0 Å². The Kier molecular flexibility index (Phi) is 7.24. The van der Waals surface area contributed by atoms with Crippen molar-refractivity contribution in [3.63, 3.8) is 0 Å². The Hall–Kier alpha value is -5.48. The third-order valence-corrected chi connectivity index (χ3v) is 7.80. The zero-order valence-corrected chi connectivity index (χ0v) is 24.0. The van der Waals surface area contributed by atoms with Gasteiger partial charge in [0.1, 0.15) is 0 Å². The van der Waals surface area contributed by atoms with Gasteiger partial charge in [0.25, 0.3) is 0 Å². The van der Waals surface area contributed by atoms with Gasteiger partial charge in [-0.2, -0.15) is 5.10 Å². The van der Waals surface area contributed by atoms with E-state index in [0.29, 0.717) is 5.89 Å². The number of aromatic nitrogens is 1. The summed E-state index contributed by atoms with van der Waals surface area (Å²) in [5, 5.41) is 7.28. The zero-order chi connectivity index (χ0) is 29.0. The summed E-state index contributed by atoms with van der Waals surface area (Å²) < 4.78 is 6.07. The quantitative estimate of drug-likeness (QED) is 0.183. The summed E-state index contributed by atoms with van der Waals surface area (Å²) >= 11 is 0. The van der Waals surface area contributed by atoms with E-state index in [9.17, 15) is 0 Å². The second kappa shape index (κ2) is 11.8. The van der Waals surface area contributed by atoms with E-state index in [1.54, 1.807) is 6.20 Å². The maximum absolute atomic E-state index is 6.07. The van der Waals surface area contributed by atoms with Crippen LogP contribution in [0.15, 0.2) is 149 Å². The fourth-order valence-electron chi connectivity index (χ4n) is 5.45. The molecule has 0 aliphatic carbocycles. The van der Waals surface area contributed by atoms with Crippen molar-refractivity contribution in [2.45, 2.75) is 19.4 Å². The molecule has 2 heterocycles. The van der Waals surface area contributed by atoms with Crippen molar-refractivity contribution >= 4 is 23.6 Å². The monoisotopic (exact) mass is 557 g/mol. The number of hydrogen-bond donors (Lipinski definition) is 0. The van der Waals surface area contributed by atoms with Gasteiger partial charge in [-0.1, -0.05) is 127 Å². The Balaban J connectivity index is 1.11. The van der Waals surface area contributed by atoms with Crippen molar-refractivity contribution in [2.75, 3.05) is 5.01 Å². The highest BCUT2D eigenvalue weighted by Crippen LogP contribution is 2.37. The molecule has 43 heavy (non-hydrogen) atoms. The van der Waals surface area contributed by atoms with Crippen molar-refractivity contribution < 1.29 is 4.42 Å². The van der Waals surface area contributed by atoms with E-state index >= 15 is 0 Å². The van der Waals surface area contributed by atoms with Crippen LogP contribution < -0.4 is 5.01 Å². The Morgan fingerprint density at radius 2 is 1.37 bits per heavy atom. The molecular weight excluding hydrogens is 526 g/mol. The number of hydrazone groups is 1. The molecule has 0 N–H and O–H groups in total. The minimum absolute atomic E-state index is 0.152. The molecule has 1 atom stereocenters. The molecule has 208 valence electrons. The number of anilines is 1. The van der Waals surface area contributed by atoms with E-state index in [2.05, 4.69) is 120 Å². The van der Waals surface area contributed by atoms with E-state index in [-0.39, 0.29) is 6.04 Å². The van der Waals surface area contributed by atoms with Crippen LogP contribution in [0.5, 0.6) is 0 Å². The van der Waals surface area contributed by atoms with Crippen molar-refractivity contribution in [1.82, 2.24) is 4.98 Å². The molecule has 7 rings (SSSR count). The summed E-state index contributed by atoms with van der Waals surface area (Å²) in [6.45, 7) is 2.12. The van der Waals surface area contributed by atoms with Crippen LogP contribution in [0.2, 0.25) is 0 Å². The zero-order valence-electron chi connectivity index (χ0n) is 24.0. The topological polar surface area (TPSA) is 41.6 Å². The lowest BCUT2D eigenvalue weighted by Crippen LogP contribution is -2.18. The molecule has 5 aromatic carbocycles. The molecule has 6 aromatic rings. The average Bonchev–Trinajstić information content (AvgIpc) is 3.75. The van der Waals surface area contributed by atoms with E-state index in [1.807, 2.05) is 42.5 Å². The number of rotatable bonds is 7. The van der Waals surface area contributed by atoms with Crippen LogP contribution >= 0.6 is 0 Å². The Morgan fingerprint density at radius 1 is 0.674 bits per heavy atom. The van der Waals surface area contributed by atoms with Crippen LogP contribution in [0.4, 0.5) is 5.69 Å². The summed E-state index contributed by atoms with van der Waals surface area (Å²) in [5.74, 6) is 1.38. The first-order valence-electron chi connectivity index (χ1n) is 14.6. The summed E-state index contributed by atoms with van der Waals surface area (Å²) in [5.41, 5.74) is 10.0. The number of aryl methyl sites for hydroxylation is 1. The molecular formula is C39H31N3O. The predicted molar refractivity (Wildman–Crippen MR) is 177 cm³/mol. The third kappa shape index (κ3) is 5.81. The summed E-state index contributed by atoms with van der Waals surface area (Å²) in [6.07, 6.45) is 6.90. The summed E-state index contributed by atoms with van der Waals surface area (Å²) in [7, 11) is 0. The maximum Gasteiger partial charge on any atom is 0.226 e. The van der Waals surface area contributed by atoms with Gasteiger partial charge in [0.2, 0.25) is 5.89 Å². The second-order valence-corrected chi connectivity index (χ2v) is 10.8. The van der Waals surface area contributed by atoms with Crippen LogP contribution in [0.25, 0.3) is 34.9 Å². The molecule has 4 nitrogen and oxygen atoms in total. The van der Waals surface area contributed by atoms with Gasteiger partial charge >= 0.3 is 0 Å². The molecule has 1 aromatic heterocycles. The first kappa shape index (κ1) is 26.4. The molecule has 0 spiro atoms. The molecule has 1 aliphatic heterocycles. The highest BCUT2D eigenvalue weighted by molar-refractivity contribution is 6.03. The lowest BCUT2D eigenvalue weighted by Gasteiger charge is -2.24. The van der Waals surface area contributed by atoms with Crippen LogP contribution in [0.1, 0.15) is 40.3 Å². The number of nitrogens with zero attached hydrogens (tertiary/aromatic N) is 3.